The topological polar surface area (TPSA) is 45.6 Å². The van der Waals surface area contributed by atoms with Gasteiger partial charge in [-0.25, -0.2) is 0 Å². The molecule has 0 saturated heterocycles. The molecule has 2 aromatic carbocycles. The van der Waals surface area contributed by atoms with E-state index in [0.29, 0.717) is 31.3 Å². The van der Waals surface area contributed by atoms with Crippen LogP contribution in [0.25, 0.3) is 0 Å². The molecule has 0 heterocycles. The molecule has 8 heteroatoms. The molecule has 4 nitrogen and oxygen atoms in total. The van der Waals surface area contributed by atoms with Gasteiger partial charge in [0.15, 0.2) is 5.96 Å². The number of aliphatic imine (C=N–C) groups is 1. The van der Waals surface area contributed by atoms with Gasteiger partial charge >= 0.3 is 6.18 Å². The second kappa shape index (κ2) is 11.9. The summed E-state index contributed by atoms with van der Waals surface area (Å²) in [6.07, 6.45) is -4.35. The van der Waals surface area contributed by atoms with Crippen LogP contribution in [0.5, 0.6) is 0 Å². The van der Waals surface area contributed by atoms with Crippen molar-refractivity contribution in [3.05, 3.63) is 70.8 Å². The van der Waals surface area contributed by atoms with E-state index in [2.05, 4.69) is 15.6 Å². The summed E-state index contributed by atoms with van der Waals surface area (Å²) < 4.78 is 43.9. The zero-order valence-corrected chi connectivity index (χ0v) is 18.2. The lowest BCUT2D eigenvalue weighted by Gasteiger charge is -2.15. The van der Waals surface area contributed by atoms with Gasteiger partial charge in [-0.15, -0.1) is 24.0 Å². The molecule has 154 valence electrons. The Balaban J connectivity index is 0.00000392. The molecular formula is C20H25F3IN3O. The summed E-state index contributed by atoms with van der Waals surface area (Å²) in [4.78, 5) is 4.12. The van der Waals surface area contributed by atoms with Crippen LogP contribution in [-0.2, 0) is 30.6 Å². The van der Waals surface area contributed by atoms with E-state index in [0.717, 1.165) is 23.3 Å². The normalized spacial score (nSPS) is 11.7. The predicted octanol–water partition coefficient (Wildman–Crippen LogP) is 4.73. The van der Waals surface area contributed by atoms with Crippen molar-refractivity contribution >= 4 is 29.9 Å². The first kappa shape index (κ1) is 24.2. The van der Waals surface area contributed by atoms with Crippen molar-refractivity contribution in [2.45, 2.75) is 32.8 Å². The predicted molar refractivity (Wildman–Crippen MR) is 116 cm³/mol. The van der Waals surface area contributed by atoms with Gasteiger partial charge in [0, 0.05) is 26.7 Å². The Morgan fingerprint density at radius 2 is 1.68 bits per heavy atom. The van der Waals surface area contributed by atoms with Crippen LogP contribution in [0.15, 0.2) is 53.5 Å². The smallest absolute Gasteiger partial charge is 0.377 e. The number of hydrogen-bond donors (Lipinski definition) is 2. The number of benzene rings is 2. The van der Waals surface area contributed by atoms with Crippen molar-refractivity contribution in [3.63, 3.8) is 0 Å². The Kier molecular flexibility index (Phi) is 10.3. The molecule has 0 bridgehead atoms. The average molecular weight is 507 g/mol. The molecule has 0 spiro atoms. The number of nitrogens with one attached hydrogen (secondary N) is 2. The third kappa shape index (κ3) is 7.67. The summed E-state index contributed by atoms with van der Waals surface area (Å²) in [5.74, 6) is 0.513. The highest BCUT2D eigenvalue weighted by molar-refractivity contribution is 14.0. The Labute approximate surface area is 180 Å². The van der Waals surface area contributed by atoms with Crippen LogP contribution < -0.4 is 10.6 Å². The van der Waals surface area contributed by atoms with Gasteiger partial charge in [0.2, 0.25) is 0 Å². The molecule has 0 saturated carbocycles. The third-order valence-corrected chi connectivity index (χ3v) is 3.96. The fraction of sp³-hybridized carbons (Fsp3) is 0.350. The van der Waals surface area contributed by atoms with E-state index >= 15 is 0 Å². The van der Waals surface area contributed by atoms with Gasteiger partial charge in [-0.2, -0.15) is 13.2 Å². The van der Waals surface area contributed by atoms with Crippen LogP contribution in [-0.4, -0.2) is 19.6 Å². The van der Waals surface area contributed by atoms with Crippen LogP contribution in [0.1, 0.15) is 29.2 Å². The molecule has 0 atom stereocenters. The maximum Gasteiger partial charge on any atom is 0.416 e. The lowest BCUT2D eigenvalue weighted by molar-refractivity contribution is -0.137. The number of hydrogen-bond acceptors (Lipinski definition) is 2. The van der Waals surface area contributed by atoms with Gasteiger partial charge in [-0.05, 0) is 35.7 Å². The summed E-state index contributed by atoms with van der Waals surface area (Å²) in [7, 11) is 1.62. The van der Waals surface area contributed by atoms with E-state index in [1.807, 2.05) is 31.2 Å². The fourth-order valence-electron chi connectivity index (χ4n) is 2.53. The third-order valence-electron chi connectivity index (χ3n) is 3.96. The van der Waals surface area contributed by atoms with Crippen LogP contribution >= 0.6 is 24.0 Å². The van der Waals surface area contributed by atoms with E-state index in [-0.39, 0.29) is 30.5 Å². The van der Waals surface area contributed by atoms with Crippen LogP contribution in [0, 0.1) is 0 Å². The van der Waals surface area contributed by atoms with Crippen molar-refractivity contribution < 1.29 is 17.9 Å². The van der Waals surface area contributed by atoms with Gasteiger partial charge < -0.3 is 15.4 Å². The minimum absolute atomic E-state index is 0. The van der Waals surface area contributed by atoms with Gasteiger partial charge in [0.25, 0.3) is 0 Å². The zero-order valence-electron chi connectivity index (χ0n) is 15.8. The lowest BCUT2D eigenvalue weighted by Crippen LogP contribution is -2.36. The molecule has 0 aliphatic heterocycles. The molecule has 2 aromatic rings. The molecule has 0 fully saturated rings. The maximum absolute atomic E-state index is 12.8. The highest BCUT2D eigenvalue weighted by Gasteiger charge is 2.30. The quantitative estimate of drug-likeness (QED) is 0.324. The summed E-state index contributed by atoms with van der Waals surface area (Å²) in [5, 5.41) is 6.22. The molecular weight excluding hydrogens is 482 g/mol. The molecule has 2 rings (SSSR count). The first-order valence-corrected chi connectivity index (χ1v) is 8.69. The van der Waals surface area contributed by atoms with Crippen molar-refractivity contribution in [1.29, 1.82) is 0 Å². The van der Waals surface area contributed by atoms with Crippen LogP contribution in [0.2, 0.25) is 0 Å². The lowest BCUT2D eigenvalue weighted by atomic mass is 10.1. The van der Waals surface area contributed by atoms with Crippen molar-refractivity contribution in [2.24, 2.45) is 4.99 Å². The summed E-state index contributed by atoms with van der Waals surface area (Å²) in [5.41, 5.74) is 2.03. The Morgan fingerprint density at radius 3 is 2.32 bits per heavy atom. The number of halogens is 4. The summed E-state index contributed by atoms with van der Waals surface area (Å²) in [6, 6.07) is 13.2. The van der Waals surface area contributed by atoms with Crippen molar-refractivity contribution in [2.75, 3.05) is 13.7 Å². The SMILES string of the molecule is CCOCc1ccccc1CNC(=NC)NCc1cccc(C(F)(F)F)c1.I. The number of rotatable bonds is 7. The highest BCUT2D eigenvalue weighted by atomic mass is 127. The fourth-order valence-corrected chi connectivity index (χ4v) is 2.53. The average Bonchev–Trinajstić information content (AvgIpc) is 2.66. The minimum Gasteiger partial charge on any atom is -0.377 e. The van der Waals surface area contributed by atoms with Crippen molar-refractivity contribution in [3.8, 4) is 0 Å². The summed E-state index contributed by atoms with van der Waals surface area (Å²) in [6.45, 7) is 3.89. The molecule has 0 aliphatic carbocycles. The molecule has 2 N–H and O–H groups in total. The standard InChI is InChI=1S/C20H24F3N3O.HI/c1-3-27-14-17-9-5-4-8-16(17)13-26-19(24-2)25-12-15-7-6-10-18(11-15)20(21,22)23;/h4-11H,3,12-14H2,1-2H3,(H2,24,25,26);1H. The maximum atomic E-state index is 12.8. The molecule has 0 aromatic heterocycles. The molecule has 0 radical (unpaired) electrons. The number of ether oxygens (including phenoxy) is 1. The van der Waals surface area contributed by atoms with E-state index in [4.69, 9.17) is 4.74 Å². The monoisotopic (exact) mass is 507 g/mol. The van der Waals surface area contributed by atoms with Gasteiger partial charge in [-0.3, -0.25) is 4.99 Å². The number of alkyl halides is 3. The van der Waals surface area contributed by atoms with Crippen LogP contribution in [0.3, 0.4) is 0 Å². The Morgan fingerprint density at radius 1 is 1.00 bits per heavy atom. The second-order valence-corrected chi connectivity index (χ2v) is 5.88. The van der Waals surface area contributed by atoms with Crippen molar-refractivity contribution in [1.82, 2.24) is 10.6 Å². The van der Waals surface area contributed by atoms with E-state index in [1.165, 1.54) is 6.07 Å². The number of nitrogens with zero attached hydrogens (tertiary/aromatic N) is 1. The summed E-state index contributed by atoms with van der Waals surface area (Å²) >= 11 is 0. The first-order valence-electron chi connectivity index (χ1n) is 8.69. The van der Waals surface area contributed by atoms with E-state index in [1.54, 1.807) is 13.1 Å². The highest BCUT2D eigenvalue weighted by Crippen LogP contribution is 2.29. The van der Waals surface area contributed by atoms with Gasteiger partial charge in [-0.1, -0.05) is 36.4 Å². The molecule has 0 unspecified atom stereocenters. The van der Waals surface area contributed by atoms with Gasteiger partial charge in [0.05, 0.1) is 12.2 Å². The zero-order chi connectivity index (χ0) is 19.7. The molecule has 0 amide bonds. The first-order chi connectivity index (χ1) is 12.9. The Bertz CT molecular complexity index is 766. The largest absolute Gasteiger partial charge is 0.416 e. The van der Waals surface area contributed by atoms with E-state index < -0.39 is 11.7 Å². The second-order valence-electron chi connectivity index (χ2n) is 5.88. The molecule has 28 heavy (non-hydrogen) atoms. The van der Waals surface area contributed by atoms with E-state index in [9.17, 15) is 13.2 Å². The van der Waals surface area contributed by atoms with Gasteiger partial charge in [0.1, 0.15) is 0 Å². The minimum atomic E-state index is -4.35. The molecule has 0 aliphatic rings. The van der Waals surface area contributed by atoms with Crippen LogP contribution in [0.4, 0.5) is 13.2 Å². The number of guanidine groups is 1. The Hall–Kier alpha value is -1.81.